The first-order chi connectivity index (χ1) is 9.27. The minimum atomic E-state index is -0.0508. The number of allylic oxidation sites excluding steroid dienone is 2. The van der Waals surface area contributed by atoms with Crippen LogP contribution in [0.1, 0.15) is 44.1 Å². The smallest absolute Gasteiger partial charge is 0.231 e. The van der Waals surface area contributed by atoms with E-state index in [1.54, 1.807) is 6.07 Å². The summed E-state index contributed by atoms with van der Waals surface area (Å²) >= 11 is 0. The number of nitrogen functional groups attached to an aromatic ring is 1. The molecule has 0 fully saturated rings. The predicted octanol–water partition coefficient (Wildman–Crippen LogP) is 3.47. The van der Waals surface area contributed by atoms with Gasteiger partial charge in [0.2, 0.25) is 5.78 Å². The second-order valence-electron chi connectivity index (χ2n) is 4.85. The molecule has 0 amide bonds. The van der Waals surface area contributed by atoms with Gasteiger partial charge in [0, 0.05) is 16.8 Å². The lowest BCUT2D eigenvalue weighted by Crippen LogP contribution is -2.02. The molecule has 1 aliphatic carbocycles. The van der Waals surface area contributed by atoms with Gasteiger partial charge in [-0.25, -0.2) is 0 Å². The molecule has 0 atom stereocenters. The molecule has 0 heterocycles. The quantitative estimate of drug-likeness (QED) is 0.615. The molecule has 0 bridgehead atoms. The second kappa shape index (κ2) is 6.80. The van der Waals surface area contributed by atoms with E-state index in [9.17, 15) is 4.79 Å². The van der Waals surface area contributed by atoms with E-state index in [2.05, 4.69) is 17.9 Å². The molecule has 2 heteroatoms. The van der Waals surface area contributed by atoms with Crippen molar-refractivity contribution in [1.82, 2.24) is 0 Å². The summed E-state index contributed by atoms with van der Waals surface area (Å²) in [6, 6.07) is 7.37. The normalized spacial score (nSPS) is 18.2. The third kappa shape index (κ3) is 3.99. The third-order valence-corrected chi connectivity index (χ3v) is 3.35. The summed E-state index contributed by atoms with van der Waals surface area (Å²) in [6.45, 7) is 0. The van der Waals surface area contributed by atoms with Crippen molar-refractivity contribution in [3.63, 3.8) is 0 Å². The average molecular weight is 253 g/mol. The number of carbonyl (C=O) groups excluding carboxylic acids is 1. The highest BCUT2D eigenvalue weighted by Gasteiger charge is 2.08. The number of ketones is 1. The monoisotopic (exact) mass is 253 g/mol. The molecule has 1 aromatic carbocycles. The summed E-state index contributed by atoms with van der Waals surface area (Å²) in [5.74, 6) is 5.55. The van der Waals surface area contributed by atoms with Crippen LogP contribution >= 0.6 is 0 Å². The van der Waals surface area contributed by atoms with Crippen LogP contribution in [0.5, 0.6) is 0 Å². The molecule has 19 heavy (non-hydrogen) atoms. The summed E-state index contributed by atoms with van der Waals surface area (Å²) in [7, 11) is 0. The van der Waals surface area contributed by atoms with E-state index in [1.165, 1.54) is 19.3 Å². The van der Waals surface area contributed by atoms with Gasteiger partial charge in [-0.1, -0.05) is 37.0 Å². The van der Waals surface area contributed by atoms with Gasteiger partial charge in [-0.05, 0) is 43.7 Å². The molecule has 0 saturated carbocycles. The van der Waals surface area contributed by atoms with Crippen LogP contribution in [0.25, 0.3) is 0 Å². The Hall–Kier alpha value is -2.01. The number of anilines is 1. The Morgan fingerprint density at radius 2 is 1.89 bits per heavy atom. The maximum atomic E-state index is 12.1. The molecule has 0 aliphatic heterocycles. The molecule has 0 aromatic heterocycles. The number of carbonyl (C=O) groups is 1. The summed E-state index contributed by atoms with van der Waals surface area (Å²) in [4.78, 5) is 12.1. The Balaban J connectivity index is 2.11. The van der Waals surface area contributed by atoms with E-state index in [1.807, 2.05) is 18.2 Å². The summed E-state index contributed by atoms with van der Waals surface area (Å²) in [6.07, 6.45) is 8.66. The lowest BCUT2D eigenvalue weighted by molar-refractivity contribution is -0.110. The van der Waals surface area contributed by atoms with Crippen molar-refractivity contribution in [1.29, 1.82) is 0 Å². The van der Waals surface area contributed by atoms with E-state index < -0.39 is 0 Å². The van der Waals surface area contributed by atoms with Gasteiger partial charge in [-0.2, -0.15) is 0 Å². The molecule has 2 rings (SSSR count). The number of nitrogens with two attached hydrogens (primary N) is 1. The summed E-state index contributed by atoms with van der Waals surface area (Å²) in [5, 5.41) is 0. The maximum Gasteiger partial charge on any atom is 0.231 e. The first-order valence-electron chi connectivity index (χ1n) is 6.87. The zero-order valence-corrected chi connectivity index (χ0v) is 11.1. The van der Waals surface area contributed by atoms with Crippen LogP contribution in [-0.4, -0.2) is 5.78 Å². The molecule has 2 N–H and O–H groups in total. The SMILES string of the molecule is Nc1ccccc1C#CC(=O)/C1=C/CCCCCC1. The van der Waals surface area contributed by atoms with Crippen molar-refractivity contribution in [2.45, 2.75) is 38.5 Å². The maximum absolute atomic E-state index is 12.1. The van der Waals surface area contributed by atoms with Crippen molar-refractivity contribution in [2.75, 3.05) is 5.73 Å². The predicted molar refractivity (Wildman–Crippen MR) is 78.5 cm³/mol. The molecular formula is C17H19NO. The summed E-state index contributed by atoms with van der Waals surface area (Å²) in [5.41, 5.74) is 8.02. The fraction of sp³-hybridized carbons (Fsp3) is 0.353. The molecule has 2 nitrogen and oxygen atoms in total. The Morgan fingerprint density at radius 3 is 2.74 bits per heavy atom. The van der Waals surface area contributed by atoms with Crippen LogP contribution in [-0.2, 0) is 4.79 Å². The van der Waals surface area contributed by atoms with E-state index >= 15 is 0 Å². The molecule has 1 aromatic rings. The van der Waals surface area contributed by atoms with Gasteiger partial charge < -0.3 is 5.73 Å². The number of benzene rings is 1. The molecular weight excluding hydrogens is 234 g/mol. The van der Waals surface area contributed by atoms with Gasteiger partial charge in [0.25, 0.3) is 0 Å². The molecule has 0 unspecified atom stereocenters. The van der Waals surface area contributed by atoms with E-state index in [4.69, 9.17) is 5.73 Å². The molecule has 0 radical (unpaired) electrons. The van der Waals surface area contributed by atoms with Crippen LogP contribution in [0.4, 0.5) is 5.69 Å². The molecule has 98 valence electrons. The van der Waals surface area contributed by atoms with Gasteiger partial charge in [-0.15, -0.1) is 0 Å². The minimum Gasteiger partial charge on any atom is -0.398 e. The van der Waals surface area contributed by atoms with Crippen molar-refractivity contribution in [2.24, 2.45) is 0 Å². The molecule has 0 saturated heterocycles. The van der Waals surface area contributed by atoms with Crippen LogP contribution in [0.15, 0.2) is 35.9 Å². The van der Waals surface area contributed by atoms with E-state index in [0.29, 0.717) is 5.69 Å². The van der Waals surface area contributed by atoms with Gasteiger partial charge in [0.15, 0.2) is 0 Å². The number of para-hydroxylation sites is 1. The number of hydrogen-bond donors (Lipinski definition) is 1. The Labute approximate surface area is 114 Å². The van der Waals surface area contributed by atoms with Crippen molar-refractivity contribution < 1.29 is 4.79 Å². The zero-order valence-electron chi connectivity index (χ0n) is 11.1. The van der Waals surface area contributed by atoms with Crippen LogP contribution < -0.4 is 5.73 Å². The van der Waals surface area contributed by atoms with Crippen molar-refractivity contribution in [3.8, 4) is 11.8 Å². The number of rotatable bonds is 1. The Kier molecular flexibility index (Phi) is 4.80. The standard InChI is InChI=1S/C17H19NO/c18-16-11-7-6-8-14(16)12-13-17(19)15-9-4-2-1-3-5-10-15/h6-9,11H,1-5,10,18H2/b15-9+. The fourth-order valence-corrected chi connectivity index (χ4v) is 2.21. The number of Topliss-reactive ketones (excluding diaryl/α,β-unsaturated/α-hetero) is 1. The van der Waals surface area contributed by atoms with Gasteiger partial charge in [0.05, 0.1) is 0 Å². The third-order valence-electron chi connectivity index (χ3n) is 3.35. The van der Waals surface area contributed by atoms with Crippen molar-refractivity contribution >= 4 is 11.5 Å². The topological polar surface area (TPSA) is 43.1 Å². The summed E-state index contributed by atoms with van der Waals surface area (Å²) < 4.78 is 0. The van der Waals surface area contributed by atoms with Crippen LogP contribution in [0, 0.1) is 11.8 Å². The minimum absolute atomic E-state index is 0.0508. The largest absolute Gasteiger partial charge is 0.398 e. The van der Waals surface area contributed by atoms with Crippen LogP contribution in [0.3, 0.4) is 0 Å². The first kappa shape index (κ1) is 13.4. The van der Waals surface area contributed by atoms with Crippen LogP contribution in [0.2, 0.25) is 0 Å². The van der Waals surface area contributed by atoms with Gasteiger partial charge in [0.1, 0.15) is 0 Å². The van der Waals surface area contributed by atoms with E-state index in [0.717, 1.165) is 30.4 Å². The van der Waals surface area contributed by atoms with Crippen molar-refractivity contribution in [3.05, 3.63) is 41.5 Å². The van der Waals surface area contributed by atoms with Gasteiger partial charge in [-0.3, -0.25) is 4.79 Å². The lowest BCUT2D eigenvalue weighted by atomic mass is 9.97. The first-order valence-corrected chi connectivity index (χ1v) is 6.87. The van der Waals surface area contributed by atoms with Gasteiger partial charge >= 0.3 is 0 Å². The average Bonchev–Trinajstić information content (AvgIpc) is 2.37. The highest BCUT2D eigenvalue weighted by Crippen LogP contribution is 2.17. The highest BCUT2D eigenvalue weighted by atomic mass is 16.1. The zero-order chi connectivity index (χ0) is 13.5. The lowest BCUT2D eigenvalue weighted by Gasteiger charge is -2.07. The highest BCUT2D eigenvalue weighted by molar-refractivity contribution is 6.08. The van der Waals surface area contributed by atoms with E-state index in [-0.39, 0.29) is 5.78 Å². The second-order valence-corrected chi connectivity index (χ2v) is 4.85. The fourth-order valence-electron chi connectivity index (χ4n) is 2.21. The Bertz CT molecular complexity index is 546. The Morgan fingerprint density at radius 1 is 1.11 bits per heavy atom. The molecule has 0 spiro atoms. The number of hydrogen-bond acceptors (Lipinski definition) is 2. The molecule has 1 aliphatic rings.